The van der Waals surface area contributed by atoms with Gasteiger partial charge in [-0.05, 0) is 65.3 Å². The number of aromatic hydroxyl groups is 1. The van der Waals surface area contributed by atoms with E-state index in [9.17, 15) is 10.2 Å². The zero-order valence-electron chi connectivity index (χ0n) is 19.5. The average molecular weight is 426 g/mol. The van der Waals surface area contributed by atoms with Crippen molar-refractivity contribution >= 4 is 0 Å². The summed E-state index contributed by atoms with van der Waals surface area (Å²) in [7, 11) is 4.01. The van der Waals surface area contributed by atoms with Gasteiger partial charge in [-0.25, -0.2) is 0 Å². The lowest BCUT2D eigenvalue weighted by atomic mass is 9.31. The minimum absolute atomic E-state index is 0.127. The van der Waals surface area contributed by atoms with Crippen LogP contribution in [-0.4, -0.2) is 58.7 Å². The standard InChI is InChI=1S/C26H35NO4/c1-7-15-16-8-9-17(28)20-19(16)25-12-13-27(5)21(15)24(25)10-11-26(30-6,23(25,4)31-20)18(14-24)22(2,3)29/h8-11,15,18,21,28-29H,7,12-14H2,1-6H3/t15-,18+,21-,23-,24-,25+,26-/m1/s1. The van der Waals surface area contributed by atoms with Gasteiger partial charge < -0.3 is 24.6 Å². The molecule has 1 saturated heterocycles. The van der Waals surface area contributed by atoms with Crippen LogP contribution in [-0.2, 0) is 10.2 Å². The van der Waals surface area contributed by atoms with Crippen LogP contribution in [0.15, 0.2) is 24.3 Å². The highest BCUT2D eigenvalue weighted by Gasteiger charge is 2.85. The van der Waals surface area contributed by atoms with Crippen molar-refractivity contribution in [1.82, 2.24) is 4.90 Å². The Hall–Kier alpha value is -1.56. The van der Waals surface area contributed by atoms with E-state index in [0.29, 0.717) is 17.7 Å². The fourth-order valence-corrected chi connectivity index (χ4v) is 9.22. The number of likely N-dealkylation sites (N-methyl/N-ethyl adjacent to an activating group) is 1. The predicted molar refractivity (Wildman–Crippen MR) is 119 cm³/mol. The first-order valence-electron chi connectivity index (χ1n) is 11.8. The molecule has 2 aliphatic heterocycles. The van der Waals surface area contributed by atoms with Crippen LogP contribution >= 0.6 is 0 Å². The molecule has 1 aromatic carbocycles. The van der Waals surface area contributed by atoms with Crippen LogP contribution in [0.3, 0.4) is 0 Å². The molecule has 7 rings (SSSR count). The summed E-state index contributed by atoms with van der Waals surface area (Å²) < 4.78 is 13.3. The van der Waals surface area contributed by atoms with Gasteiger partial charge in [-0.1, -0.05) is 25.1 Å². The second kappa shape index (κ2) is 5.49. The average Bonchev–Trinajstić information content (AvgIpc) is 3.01. The molecule has 1 aromatic rings. The predicted octanol–water partition coefficient (Wildman–Crippen LogP) is 3.72. The molecule has 2 heterocycles. The molecule has 168 valence electrons. The minimum atomic E-state index is -0.937. The molecule has 4 aliphatic carbocycles. The summed E-state index contributed by atoms with van der Waals surface area (Å²) in [6, 6.07) is 4.26. The number of hydrogen-bond donors (Lipinski definition) is 2. The maximum atomic E-state index is 11.4. The topological polar surface area (TPSA) is 62.2 Å². The summed E-state index contributed by atoms with van der Waals surface area (Å²) in [6.45, 7) is 9.25. The van der Waals surface area contributed by atoms with Crippen molar-refractivity contribution in [1.29, 1.82) is 0 Å². The number of piperidine rings is 1. The second-order valence-electron chi connectivity index (χ2n) is 11.4. The number of aliphatic hydroxyl groups is 1. The van der Waals surface area contributed by atoms with Gasteiger partial charge in [-0.2, -0.15) is 0 Å². The Balaban J connectivity index is 1.78. The van der Waals surface area contributed by atoms with Crippen LogP contribution in [0, 0.1) is 11.3 Å². The van der Waals surface area contributed by atoms with Crippen LogP contribution in [0.25, 0.3) is 0 Å². The molecule has 6 aliphatic rings. The lowest BCUT2D eigenvalue weighted by molar-refractivity contribution is -0.285. The number of benzene rings is 1. The van der Waals surface area contributed by atoms with Gasteiger partial charge in [0, 0.05) is 36.0 Å². The van der Waals surface area contributed by atoms with Gasteiger partial charge in [-0.3, -0.25) is 0 Å². The van der Waals surface area contributed by atoms with E-state index in [1.165, 1.54) is 11.1 Å². The molecule has 4 bridgehead atoms. The van der Waals surface area contributed by atoms with E-state index in [2.05, 4.69) is 44.0 Å². The molecule has 0 radical (unpaired) electrons. The quantitative estimate of drug-likeness (QED) is 0.723. The Morgan fingerprint density at radius 1 is 1.29 bits per heavy atom. The van der Waals surface area contributed by atoms with Gasteiger partial charge in [0.2, 0.25) is 0 Å². The lowest BCUT2D eigenvalue weighted by Gasteiger charge is -2.76. The lowest BCUT2D eigenvalue weighted by Crippen LogP contribution is -2.85. The monoisotopic (exact) mass is 425 g/mol. The number of ether oxygens (including phenoxy) is 2. The van der Waals surface area contributed by atoms with Gasteiger partial charge in [0.1, 0.15) is 11.2 Å². The Labute approximate surface area is 185 Å². The van der Waals surface area contributed by atoms with Crippen molar-refractivity contribution in [2.24, 2.45) is 11.3 Å². The molecule has 5 heteroatoms. The molecular weight excluding hydrogens is 390 g/mol. The summed E-state index contributed by atoms with van der Waals surface area (Å²) >= 11 is 0. The normalized spacial score (nSPS) is 46.7. The SMILES string of the molecule is CC[C@@H]1c2ccc(O)c3c2[C@]24CCN(C)[C@H]1[C@]21C=C[C@@](OC)([C@H](C(C)(C)O)C1)[C@]4(C)O3. The van der Waals surface area contributed by atoms with E-state index in [1.54, 1.807) is 7.11 Å². The van der Waals surface area contributed by atoms with Crippen molar-refractivity contribution in [3.63, 3.8) is 0 Å². The van der Waals surface area contributed by atoms with E-state index < -0.39 is 16.8 Å². The number of methoxy groups -OCH3 is 1. The van der Waals surface area contributed by atoms with E-state index in [-0.39, 0.29) is 22.5 Å². The summed E-state index contributed by atoms with van der Waals surface area (Å²) in [5.74, 6) is 1.08. The van der Waals surface area contributed by atoms with Crippen molar-refractivity contribution in [3.8, 4) is 11.5 Å². The molecule has 5 nitrogen and oxygen atoms in total. The molecule has 0 amide bonds. The zero-order chi connectivity index (χ0) is 22.2. The molecule has 0 aromatic heterocycles. The third-order valence-electron chi connectivity index (χ3n) is 10.2. The number of phenols is 1. The zero-order valence-corrected chi connectivity index (χ0v) is 19.5. The first-order chi connectivity index (χ1) is 14.5. The number of nitrogens with zero attached hydrogens (tertiary/aromatic N) is 1. The van der Waals surface area contributed by atoms with E-state index >= 15 is 0 Å². The first kappa shape index (κ1) is 20.1. The van der Waals surface area contributed by atoms with Crippen molar-refractivity contribution in [2.75, 3.05) is 20.7 Å². The Morgan fingerprint density at radius 2 is 2.03 bits per heavy atom. The third kappa shape index (κ3) is 1.75. The smallest absolute Gasteiger partial charge is 0.166 e. The fourth-order valence-electron chi connectivity index (χ4n) is 9.22. The van der Waals surface area contributed by atoms with Gasteiger partial charge >= 0.3 is 0 Å². The molecule has 7 atom stereocenters. The van der Waals surface area contributed by atoms with Crippen molar-refractivity contribution in [2.45, 2.75) is 81.1 Å². The maximum absolute atomic E-state index is 11.4. The Bertz CT molecular complexity index is 1010. The highest BCUT2D eigenvalue weighted by atomic mass is 16.6. The van der Waals surface area contributed by atoms with Gasteiger partial charge in [0.05, 0.1) is 11.0 Å². The van der Waals surface area contributed by atoms with Gasteiger partial charge in [-0.15, -0.1) is 0 Å². The summed E-state index contributed by atoms with van der Waals surface area (Å²) in [5, 5.41) is 22.4. The number of rotatable bonds is 3. The highest BCUT2D eigenvalue weighted by molar-refractivity contribution is 5.68. The highest BCUT2D eigenvalue weighted by Crippen LogP contribution is 2.80. The summed E-state index contributed by atoms with van der Waals surface area (Å²) in [6.07, 6.45) is 7.46. The van der Waals surface area contributed by atoms with Gasteiger partial charge in [0.15, 0.2) is 11.5 Å². The van der Waals surface area contributed by atoms with E-state index in [1.807, 2.05) is 19.9 Å². The largest absolute Gasteiger partial charge is 0.504 e. The van der Waals surface area contributed by atoms with E-state index in [0.717, 1.165) is 25.8 Å². The maximum Gasteiger partial charge on any atom is 0.166 e. The van der Waals surface area contributed by atoms with Crippen LogP contribution in [0.5, 0.6) is 11.5 Å². The molecular formula is C26H35NO4. The Morgan fingerprint density at radius 3 is 2.68 bits per heavy atom. The molecule has 0 unspecified atom stereocenters. The molecule has 2 fully saturated rings. The minimum Gasteiger partial charge on any atom is -0.504 e. The number of phenolic OH excluding ortho intramolecular Hbond substituents is 1. The van der Waals surface area contributed by atoms with Crippen molar-refractivity contribution < 1.29 is 19.7 Å². The van der Waals surface area contributed by atoms with E-state index in [4.69, 9.17) is 9.47 Å². The molecule has 1 saturated carbocycles. The third-order valence-corrected chi connectivity index (χ3v) is 10.2. The number of hydrogen-bond acceptors (Lipinski definition) is 5. The summed E-state index contributed by atoms with van der Waals surface area (Å²) in [4.78, 5) is 2.55. The number of fused-ring (bicyclic) bond motifs is 1. The van der Waals surface area contributed by atoms with Crippen LogP contribution in [0.4, 0.5) is 0 Å². The van der Waals surface area contributed by atoms with Crippen LogP contribution in [0.1, 0.15) is 64.0 Å². The fraction of sp³-hybridized carbons (Fsp3) is 0.692. The summed E-state index contributed by atoms with van der Waals surface area (Å²) in [5.41, 5.74) is -0.381. The van der Waals surface area contributed by atoms with Crippen LogP contribution < -0.4 is 4.74 Å². The first-order valence-corrected chi connectivity index (χ1v) is 11.8. The second-order valence-corrected chi connectivity index (χ2v) is 11.4. The molecule has 2 N–H and O–H groups in total. The van der Waals surface area contributed by atoms with Gasteiger partial charge in [0.25, 0.3) is 0 Å². The van der Waals surface area contributed by atoms with Crippen LogP contribution in [0.2, 0.25) is 0 Å². The Kier molecular flexibility index (Phi) is 3.56. The van der Waals surface area contributed by atoms with Crippen molar-refractivity contribution in [3.05, 3.63) is 35.4 Å². The molecule has 31 heavy (non-hydrogen) atoms. The number of likely N-dealkylation sites (tertiary alicyclic amines) is 1. The molecule has 2 spiro atoms.